The summed E-state index contributed by atoms with van der Waals surface area (Å²) in [4.78, 5) is 9.30. The lowest BCUT2D eigenvalue weighted by molar-refractivity contribution is 0.410. The van der Waals surface area contributed by atoms with Crippen molar-refractivity contribution in [3.05, 3.63) is 18.2 Å². The standard InChI is InChI=1S/C7H13N3/c1-10(2)6-3-7-8-4-5-9-7/h4-5H,3,6H2,1-2H3,(H,8,9). The fraction of sp³-hybridized carbons (Fsp3) is 0.571. The van der Waals surface area contributed by atoms with E-state index in [2.05, 4.69) is 29.0 Å². The Bertz CT molecular complexity index is 167. The van der Waals surface area contributed by atoms with E-state index in [4.69, 9.17) is 0 Å². The molecule has 0 spiro atoms. The summed E-state index contributed by atoms with van der Waals surface area (Å²) in [6, 6.07) is 0. The highest BCUT2D eigenvalue weighted by molar-refractivity contribution is 4.87. The quantitative estimate of drug-likeness (QED) is 0.661. The van der Waals surface area contributed by atoms with Gasteiger partial charge in [-0.3, -0.25) is 0 Å². The van der Waals surface area contributed by atoms with E-state index in [1.807, 2.05) is 6.20 Å². The minimum Gasteiger partial charge on any atom is -0.349 e. The Labute approximate surface area is 61.1 Å². The van der Waals surface area contributed by atoms with Crippen LogP contribution in [0.5, 0.6) is 0 Å². The number of aromatic nitrogens is 2. The number of nitrogens with zero attached hydrogens (tertiary/aromatic N) is 2. The Morgan fingerprint density at radius 2 is 2.40 bits per heavy atom. The predicted molar refractivity (Wildman–Crippen MR) is 40.8 cm³/mol. The normalized spacial score (nSPS) is 10.7. The molecule has 0 atom stereocenters. The number of rotatable bonds is 3. The number of nitrogens with one attached hydrogen (secondary N) is 1. The molecule has 3 heteroatoms. The first kappa shape index (κ1) is 7.28. The van der Waals surface area contributed by atoms with Gasteiger partial charge in [-0.1, -0.05) is 0 Å². The smallest absolute Gasteiger partial charge is 0.107 e. The molecule has 0 aliphatic carbocycles. The van der Waals surface area contributed by atoms with Crippen LogP contribution in [0.2, 0.25) is 0 Å². The van der Waals surface area contributed by atoms with E-state index >= 15 is 0 Å². The summed E-state index contributed by atoms with van der Waals surface area (Å²) >= 11 is 0. The third-order valence-corrected chi connectivity index (χ3v) is 1.35. The van der Waals surface area contributed by atoms with E-state index in [0.717, 1.165) is 18.8 Å². The zero-order valence-corrected chi connectivity index (χ0v) is 6.46. The fourth-order valence-corrected chi connectivity index (χ4v) is 0.764. The first-order valence-corrected chi connectivity index (χ1v) is 3.42. The minimum atomic E-state index is 1.00. The van der Waals surface area contributed by atoms with Gasteiger partial charge < -0.3 is 9.88 Å². The van der Waals surface area contributed by atoms with Gasteiger partial charge in [-0.25, -0.2) is 4.98 Å². The van der Waals surface area contributed by atoms with Gasteiger partial charge in [-0.05, 0) is 14.1 Å². The van der Waals surface area contributed by atoms with Gasteiger partial charge >= 0.3 is 0 Å². The van der Waals surface area contributed by atoms with Gasteiger partial charge in [0.25, 0.3) is 0 Å². The van der Waals surface area contributed by atoms with Crippen LogP contribution < -0.4 is 0 Å². The van der Waals surface area contributed by atoms with Gasteiger partial charge in [0.15, 0.2) is 0 Å². The molecule has 0 bridgehead atoms. The maximum atomic E-state index is 4.11. The van der Waals surface area contributed by atoms with Crippen molar-refractivity contribution in [2.75, 3.05) is 20.6 Å². The van der Waals surface area contributed by atoms with Gasteiger partial charge in [0, 0.05) is 25.4 Å². The molecule has 0 aliphatic rings. The number of imidazole rings is 1. The van der Waals surface area contributed by atoms with Gasteiger partial charge in [0.2, 0.25) is 0 Å². The summed E-state index contributed by atoms with van der Waals surface area (Å²) in [5.41, 5.74) is 0. The molecular formula is C7H13N3. The Hall–Kier alpha value is -0.830. The summed E-state index contributed by atoms with van der Waals surface area (Å²) < 4.78 is 0. The minimum absolute atomic E-state index is 1.00. The van der Waals surface area contributed by atoms with E-state index < -0.39 is 0 Å². The lowest BCUT2D eigenvalue weighted by Crippen LogP contribution is -2.15. The third kappa shape index (κ3) is 2.19. The summed E-state index contributed by atoms with van der Waals surface area (Å²) in [5.74, 6) is 1.06. The number of aromatic amines is 1. The average Bonchev–Trinajstić information content (AvgIpc) is 2.34. The molecule has 0 saturated heterocycles. The Kier molecular flexibility index (Phi) is 2.45. The van der Waals surface area contributed by atoms with Crippen LogP contribution in [0.3, 0.4) is 0 Å². The van der Waals surface area contributed by atoms with E-state index in [1.165, 1.54) is 0 Å². The second kappa shape index (κ2) is 3.37. The van der Waals surface area contributed by atoms with Gasteiger partial charge in [0.1, 0.15) is 5.82 Å². The molecule has 1 aromatic rings. The molecule has 0 aliphatic heterocycles. The van der Waals surface area contributed by atoms with E-state index in [1.54, 1.807) is 6.20 Å². The molecule has 3 nitrogen and oxygen atoms in total. The Morgan fingerprint density at radius 1 is 1.60 bits per heavy atom. The van der Waals surface area contributed by atoms with Crippen LogP contribution in [0.4, 0.5) is 0 Å². The van der Waals surface area contributed by atoms with Crippen LogP contribution in [0.15, 0.2) is 12.4 Å². The number of likely N-dealkylation sites (N-methyl/N-ethyl adjacent to an activating group) is 1. The summed E-state index contributed by atoms with van der Waals surface area (Å²) in [6.45, 7) is 1.05. The molecule has 0 fully saturated rings. The zero-order valence-electron chi connectivity index (χ0n) is 6.46. The van der Waals surface area contributed by atoms with Crippen molar-refractivity contribution >= 4 is 0 Å². The maximum Gasteiger partial charge on any atom is 0.107 e. The molecule has 0 unspecified atom stereocenters. The highest BCUT2D eigenvalue weighted by Crippen LogP contribution is 1.90. The molecule has 1 heterocycles. The van der Waals surface area contributed by atoms with Crippen LogP contribution in [0.25, 0.3) is 0 Å². The number of H-pyrrole nitrogens is 1. The molecule has 0 saturated carbocycles. The van der Waals surface area contributed by atoms with Crippen LogP contribution in [-0.2, 0) is 6.42 Å². The van der Waals surface area contributed by atoms with Crippen molar-refractivity contribution in [2.45, 2.75) is 6.42 Å². The first-order chi connectivity index (χ1) is 4.79. The van der Waals surface area contributed by atoms with Crippen LogP contribution in [0.1, 0.15) is 5.82 Å². The van der Waals surface area contributed by atoms with Gasteiger partial charge in [-0.15, -0.1) is 0 Å². The molecule has 10 heavy (non-hydrogen) atoms. The summed E-state index contributed by atoms with van der Waals surface area (Å²) in [6.07, 6.45) is 4.63. The van der Waals surface area contributed by atoms with Gasteiger partial charge in [-0.2, -0.15) is 0 Å². The fourth-order valence-electron chi connectivity index (χ4n) is 0.764. The Morgan fingerprint density at radius 3 is 2.90 bits per heavy atom. The van der Waals surface area contributed by atoms with Crippen molar-refractivity contribution in [3.8, 4) is 0 Å². The molecule has 56 valence electrons. The largest absolute Gasteiger partial charge is 0.349 e. The molecule has 1 N–H and O–H groups in total. The predicted octanol–water partition coefficient (Wildman–Crippen LogP) is 0.514. The van der Waals surface area contributed by atoms with E-state index in [0.29, 0.717) is 0 Å². The SMILES string of the molecule is CN(C)CCc1ncc[nH]1. The van der Waals surface area contributed by atoms with Crippen LogP contribution in [-0.4, -0.2) is 35.5 Å². The van der Waals surface area contributed by atoms with Crippen molar-refractivity contribution in [3.63, 3.8) is 0 Å². The average molecular weight is 139 g/mol. The molecule has 0 aromatic carbocycles. The molecule has 1 aromatic heterocycles. The highest BCUT2D eigenvalue weighted by atomic mass is 15.1. The van der Waals surface area contributed by atoms with Crippen LogP contribution in [0, 0.1) is 0 Å². The van der Waals surface area contributed by atoms with E-state index in [9.17, 15) is 0 Å². The molecule has 1 rings (SSSR count). The maximum absolute atomic E-state index is 4.11. The number of hydrogen-bond donors (Lipinski definition) is 1. The molecule has 0 radical (unpaired) electrons. The van der Waals surface area contributed by atoms with Crippen molar-refractivity contribution in [1.82, 2.24) is 14.9 Å². The summed E-state index contributed by atoms with van der Waals surface area (Å²) in [5, 5.41) is 0. The summed E-state index contributed by atoms with van der Waals surface area (Å²) in [7, 11) is 4.12. The zero-order chi connectivity index (χ0) is 7.40. The van der Waals surface area contributed by atoms with Crippen molar-refractivity contribution in [2.24, 2.45) is 0 Å². The monoisotopic (exact) mass is 139 g/mol. The lowest BCUT2D eigenvalue weighted by Gasteiger charge is -2.06. The highest BCUT2D eigenvalue weighted by Gasteiger charge is 1.94. The third-order valence-electron chi connectivity index (χ3n) is 1.35. The molecule has 0 amide bonds. The van der Waals surface area contributed by atoms with Gasteiger partial charge in [0.05, 0.1) is 0 Å². The van der Waals surface area contributed by atoms with E-state index in [-0.39, 0.29) is 0 Å². The Balaban J connectivity index is 2.28. The van der Waals surface area contributed by atoms with Crippen molar-refractivity contribution < 1.29 is 0 Å². The lowest BCUT2D eigenvalue weighted by atomic mass is 10.4. The first-order valence-electron chi connectivity index (χ1n) is 3.42. The second-order valence-corrected chi connectivity index (χ2v) is 2.59. The number of hydrogen-bond acceptors (Lipinski definition) is 2. The van der Waals surface area contributed by atoms with Crippen molar-refractivity contribution in [1.29, 1.82) is 0 Å². The topological polar surface area (TPSA) is 31.9 Å². The molecular weight excluding hydrogens is 126 g/mol. The van der Waals surface area contributed by atoms with Crippen LogP contribution >= 0.6 is 0 Å². The second-order valence-electron chi connectivity index (χ2n) is 2.59.